The van der Waals surface area contributed by atoms with Gasteiger partial charge in [-0.15, -0.1) is 0 Å². The molecule has 8 heteroatoms. The van der Waals surface area contributed by atoms with Crippen molar-refractivity contribution in [2.75, 3.05) is 7.11 Å². The minimum absolute atomic E-state index is 0.0417. The smallest absolute Gasteiger partial charge is 0.158 e. The number of aryl methyl sites for hydroxylation is 2. The summed E-state index contributed by atoms with van der Waals surface area (Å²) < 4.78 is 8.37. The van der Waals surface area contributed by atoms with Gasteiger partial charge in [0.2, 0.25) is 0 Å². The maximum Gasteiger partial charge on any atom is 0.158 e. The van der Waals surface area contributed by atoms with E-state index in [4.69, 9.17) is 27.2 Å². The molecule has 0 spiro atoms. The zero-order valence-electron chi connectivity index (χ0n) is 12.9. The zero-order valence-corrected chi connectivity index (χ0v) is 13.6. The number of hydrogen-bond donors (Lipinski definition) is 2. The lowest BCUT2D eigenvalue weighted by molar-refractivity contribution is 0.418. The fraction of sp³-hybridized carbons (Fsp3) is 0.200. The molecule has 0 saturated heterocycles. The summed E-state index contributed by atoms with van der Waals surface area (Å²) in [6.45, 7) is 1.73. The van der Waals surface area contributed by atoms with Gasteiger partial charge in [-0.1, -0.05) is 17.7 Å². The molecule has 0 fully saturated rings. The number of para-hydroxylation sites is 1. The Morgan fingerprint density at radius 3 is 2.70 bits per heavy atom. The molecule has 118 valence electrons. The van der Waals surface area contributed by atoms with Gasteiger partial charge in [-0.2, -0.15) is 5.10 Å². The van der Waals surface area contributed by atoms with Gasteiger partial charge in [0, 0.05) is 7.05 Å². The molecule has 2 aromatic heterocycles. The lowest BCUT2D eigenvalue weighted by Gasteiger charge is -2.16. The van der Waals surface area contributed by atoms with Crippen molar-refractivity contribution in [1.29, 1.82) is 10.8 Å². The van der Waals surface area contributed by atoms with Crippen LogP contribution >= 0.6 is 11.6 Å². The Labute approximate surface area is 137 Å². The SMILES string of the molecule is COc1cccc2nc(C)c(=N)n(C(=N)c3c(Cl)cnn3C)c12. The van der Waals surface area contributed by atoms with Crippen molar-refractivity contribution < 1.29 is 4.74 Å². The van der Waals surface area contributed by atoms with Crippen LogP contribution < -0.4 is 10.2 Å². The first-order chi connectivity index (χ1) is 11.0. The van der Waals surface area contributed by atoms with Crippen molar-refractivity contribution in [3.8, 4) is 5.75 Å². The number of nitrogens with one attached hydrogen (secondary N) is 2. The third-order valence-corrected chi connectivity index (χ3v) is 3.89. The van der Waals surface area contributed by atoms with E-state index in [0.717, 1.165) is 0 Å². The topological polar surface area (TPSA) is 92.6 Å². The molecule has 0 aliphatic rings. The van der Waals surface area contributed by atoms with Gasteiger partial charge < -0.3 is 4.74 Å². The molecule has 0 unspecified atom stereocenters. The summed E-state index contributed by atoms with van der Waals surface area (Å²) >= 11 is 6.16. The summed E-state index contributed by atoms with van der Waals surface area (Å²) in [5, 5.41) is 21.3. The molecular weight excluding hydrogens is 316 g/mol. The molecule has 0 saturated carbocycles. The zero-order chi connectivity index (χ0) is 16.7. The Hall–Kier alpha value is -2.67. The van der Waals surface area contributed by atoms with E-state index in [1.165, 1.54) is 15.4 Å². The van der Waals surface area contributed by atoms with Crippen molar-refractivity contribution in [3.05, 3.63) is 46.3 Å². The Kier molecular flexibility index (Phi) is 3.65. The molecule has 7 nitrogen and oxygen atoms in total. The van der Waals surface area contributed by atoms with E-state index >= 15 is 0 Å². The van der Waals surface area contributed by atoms with Crippen LogP contribution in [0.2, 0.25) is 5.02 Å². The summed E-state index contributed by atoms with van der Waals surface area (Å²) in [5.41, 5.74) is 2.22. The fourth-order valence-corrected chi connectivity index (χ4v) is 2.76. The summed E-state index contributed by atoms with van der Waals surface area (Å²) in [7, 11) is 3.25. The molecule has 3 rings (SSSR count). The monoisotopic (exact) mass is 330 g/mol. The third kappa shape index (κ3) is 2.29. The molecule has 0 atom stereocenters. The highest BCUT2D eigenvalue weighted by atomic mass is 35.5. The highest BCUT2D eigenvalue weighted by Gasteiger charge is 2.19. The van der Waals surface area contributed by atoms with Crippen LogP contribution in [0.15, 0.2) is 24.4 Å². The number of hydrogen-bond acceptors (Lipinski definition) is 5. The first kappa shape index (κ1) is 15.2. The van der Waals surface area contributed by atoms with Gasteiger partial charge in [0.15, 0.2) is 11.3 Å². The van der Waals surface area contributed by atoms with Gasteiger partial charge >= 0.3 is 0 Å². The summed E-state index contributed by atoms with van der Waals surface area (Å²) in [6, 6.07) is 5.41. The maximum absolute atomic E-state index is 8.57. The maximum atomic E-state index is 8.57. The number of benzene rings is 1. The Balaban J connectivity index is 2.43. The summed E-state index contributed by atoms with van der Waals surface area (Å²) in [5.74, 6) is 0.576. The predicted molar refractivity (Wildman–Crippen MR) is 87.3 cm³/mol. The first-order valence-corrected chi connectivity index (χ1v) is 7.21. The van der Waals surface area contributed by atoms with E-state index in [2.05, 4.69) is 10.1 Å². The number of rotatable bonds is 2. The Morgan fingerprint density at radius 1 is 1.35 bits per heavy atom. The number of halogens is 1. The van der Waals surface area contributed by atoms with Gasteiger partial charge in [0.1, 0.15) is 17.0 Å². The van der Waals surface area contributed by atoms with Gasteiger partial charge in [0.25, 0.3) is 0 Å². The van der Waals surface area contributed by atoms with Crippen LogP contribution in [-0.2, 0) is 7.05 Å². The normalized spacial score (nSPS) is 11.0. The minimum atomic E-state index is 0.0417. The van der Waals surface area contributed by atoms with Crippen LogP contribution in [0.4, 0.5) is 0 Å². The van der Waals surface area contributed by atoms with E-state index in [0.29, 0.717) is 33.2 Å². The first-order valence-electron chi connectivity index (χ1n) is 6.83. The molecular formula is C15H15ClN6O. The molecule has 3 aromatic rings. The minimum Gasteiger partial charge on any atom is -0.494 e. The summed E-state index contributed by atoms with van der Waals surface area (Å²) in [6.07, 6.45) is 1.48. The standard InChI is InChI=1S/C15H15ClN6O/c1-8-14(17)22(15(18)12-9(16)7-19-21(12)2)13-10(20-8)5-4-6-11(13)23-3/h4-7,17-18H,1-3H3. The van der Waals surface area contributed by atoms with Crippen molar-refractivity contribution in [1.82, 2.24) is 19.3 Å². The molecule has 1 aromatic carbocycles. The molecule has 2 heterocycles. The molecule has 0 radical (unpaired) electrons. The van der Waals surface area contributed by atoms with Crippen molar-refractivity contribution in [3.63, 3.8) is 0 Å². The van der Waals surface area contributed by atoms with Crippen LogP contribution in [-0.4, -0.2) is 32.3 Å². The lowest BCUT2D eigenvalue weighted by atomic mass is 10.2. The highest BCUT2D eigenvalue weighted by molar-refractivity contribution is 6.33. The third-order valence-electron chi connectivity index (χ3n) is 3.62. The molecule has 0 amide bonds. The van der Waals surface area contributed by atoms with Gasteiger partial charge in [-0.05, 0) is 19.1 Å². The van der Waals surface area contributed by atoms with Gasteiger partial charge in [-0.3, -0.25) is 20.1 Å². The molecule has 0 bridgehead atoms. The van der Waals surface area contributed by atoms with Crippen LogP contribution in [0.5, 0.6) is 5.75 Å². The van der Waals surface area contributed by atoms with Crippen LogP contribution in [0.3, 0.4) is 0 Å². The second-order valence-corrected chi connectivity index (χ2v) is 5.43. The van der Waals surface area contributed by atoms with Crippen molar-refractivity contribution in [2.24, 2.45) is 7.05 Å². The second-order valence-electron chi connectivity index (χ2n) is 5.02. The second kappa shape index (κ2) is 5.51. The van der Waals surface area contributed by atoms with Crippen LogP contribution in [0.1, 0.15) is 11.4 Å². The number of aromatic nitrogens is 4. The molecule has 23 heavy (non-hydrogen) atoms. The average molecular weight is 331 g/mol. The van der Waals surface area contributed by atoms with E-state index in [1.807, 2.05) is 12.1 Å². The van der Waals surface area contributed by atoms with Crippen LogP contribution in [0.25, 0.3) is 11.0 Å². The number of fused-ring (bicyclic) bond motifs is 1. The largest absolute Gasteiger partial charge is 0.494 e. The average Bonchev–Trinajstić information content (AvgIpc) is 2.86. The quantitative estimate of drug-likeness (QED) is 0.556. The summed E-state index contributed by atoms with van der Waals surface area (Å²) in [4.78, 5) is 4.41. The van der Waals surface area contributed by atoms with Crippen molar-refractivity contribution in [2.45, 2.75) is 6.92 Å². The lowest BCUT2D eigenvalue weighted by Crippen LogP contribution is -2.32. The number of nitrogens with zero attached hydrogens (tertiary/aromatic N) is 4. The Morgan fingerprint density at radius 2 is 2.09 bits per heavy atom. The van der Waals surface area contributed by atoms with E-state index in [-0.39, 0.29) is 11.3 Å². The van der Waals surface area contributed by atoms with Gasteiger partial charge in [-0.25, -0.2) is 4.98 Å². The Bertz CT molecular complexity index is 968. The molecule has 0 aliphatic heterocycles. The van der Waals surface area contributed by atoms with Gasteiger partial charge in [0.05, 0.1) is 29.5 Å². The van der Waals surface area contributed by atoms with Crippen molar-refractivity contribution >= 4 is 28.5 Å². The van der Waals surface area contributed by atoms with E-state index in [9.17, 15) is 0 Å². The number of ether oxygens (including phenoxy) is 1. The van der Waals surface area contributed by atoms with E-state index in [1.54, 1.807) is 27.1 Å². The fourth-order valence-electron chi connectivity index (χ4n) is 2.50. The van der Waals surface area contributed by atoms with Crippen LogP contribution in [0, 0.1) is 17.7 Å². The highest BCUT2D eigenvalue weighted by Crippen LogP contribution is 2.25. The molecule has 2 N–H and O–H groups in total. The predicted octanol–water partition coefficient (Wildman–Crippen LogP) is 2.09. The number of methoxy groups -OCH3 is 1. The molecule has 0 aliphatic carbocycles. The van der Waals surface area contributed by atoms with E-state index < -0.39 is 0 Å².